The van der Waals surface area contributed by atoms with Crippen LogP contribution < -0.4 is 10.6 Å². The van der Waals surface area contributed by atoms with Gasteiger partial charge in [0.2, 0.25) is 5.65 Å². The minimum Gasteiger partial charge on any atom is -0.353 e. The van der Waals surface area contributed by atoms with Crippen LogP contribution in [-0.4, -0.2) is 39.2 Å². The van der Waals surface area contributed by atoms with Crippen LogP contribution in [0.5, 0.6) is 0 Å². The van der Waals surface area contributed by atoms with Crippen molar-refractivity contribution in [2.45, 2.75) is 13.3 Å². The molecule has 1 fully saturated rings. The van der Waals surface area contributed by atoms with Gasteiger partial charge in [0.25, 0.3) is 0 Å². The SMILES string of the molecule is Cc1nnc2c(N3CCC(CN)C3)nccn12. The largest absolute Gasteiger partial charge is 0.353 e. The number of aromatic nitrogens is 4. The molecule has 1 aliphatic rings. The summed E-state index contributed by atoms with van der Waals surface area (Å²) in [7, 11) is 0. The maximum atomic E-state index is 5.71. The molecule has 0 saturated carbocycles. The summed E-state index contributed by atoms with van der Waals surface area (Å²) in [6.45, 7) is 4.65. The molecule has 2 aromatic heterocycles. The van der Waals surface area contributed by atoms with Gasteiger partial charge in [0.05, 0.1) is 0 Å². The third-order valence-corrected chi connectivity index (χ3v) is 3.40. The van der Waals surface area contributed by atoms with Crippen molar-refractivity contribution < 1.29 is 0 Å². The van der Waals surface area contributed by atoms with Gasteiger partial charge in [-0.3, -0.25) is 4.40 Å². The quantitative estimate of drug-likeness (QED) is 0.801. The number of rotatable bonds is 2. The van der Waals surface area contributed by atoms with Crippen LogP contribution in [0.25, 0.3) is 5.65 Å². The zero-order valence-corrected chi connectivity index (χ0v) is 9.87. The van der Waals surface area contributed by atoms with Gasteiger partial charge in [-0.1, -0.05) is 0 Å². The van der Waals surface area contributed by atoms with Gasteiger partial charge in [0.1, 0.15) is 5.82 Å². The highest BCUT2D eigenvalue weighted by atomic mass is 15.3. The second-order valence-electron chi connectivity index (χ2n) is 4.53. The highest BCUT2D eigenvalue weighted by molar-refractivity contribution is 5.64. The Labute approximate surface area is 99.5 Å². The van der Waals surface area contributed by atoms with Crippen molar-refractivity contribution in [2.24, 2.45) is 11.7 Å². The lowest BCUT2D eigenvalue weighted by atomic mass is 10.1. The van der Waals surface area contributed by atoms with Crippen LogP contribution in [0.15, 0.2) is 12.4 Å². The number of nitrogens with two attached hydrogens (primary N) is 1. The van der Waals surface area contributed by atoms with Gasteiger partial charge in [0, 0.05) is 25.5 Å². The van der Waals surface area contributed by atoms with E-state index in [0.29, 0.717) is 5.92 Å². The molecular formula is C11H16N6. The summed E-state index contributed by atoms with van der Waals surface area (Å²) in [5, 5.41) is 8.28. The van der Waals surface area contributed by atoms with Crippen LogP contribution in [0.4, 0.5) is 5.82 Å². The van der Waals surface area contributed by atoms with Gasteiger partial charge >= 0.3 is 0 Å². The molecule has 17 heavy (non-hydrogen) atoms. The Hall–Kier alpha value is -1.69. The van der Waals surface area contributed by atoms with E-state index in [1.165, 1.54) is 0 Å². The first-order valence-corrected chi connectivity index (χ1v) is 5.91. The van der Waals surface area contributed by atoms with Gasteiger partial charge in [-0.2, -0.15) is 0 Å². The maximum absolute atomic E-state index is 5.71. The summed E-state index contributed by atoms with van der Waals surface area (Å²) in [4.78, 5) is 6.68. The minimum atomic E-state index is 0.570. The monoisotopic (exact) mass is 232 g/mol. The lowest BCUT2D eigenvalue weighted by molar-refractivity contribution is 0.602. The first kappa shape index (κ1) is 10.5. The van der Waals surface area contributed by atoms with E-state index in [4.69, 9.17) is 5.73 Å². The molecular weight excluding hydrogens is 216 g/mol. The van der Waals surface area contributed by atoms with E-state index in [-0.39, 0.29) is 0 Å². The third-order valence-electron chi connectivity index (χ3n) is 3.40. The van der Waals surface area contributed by atoms with Gasteiger partial charge in [-0.25, -0.2) is 4.98 Å². The molecule has 3 heterocycles. The van der Waals surface area contributed by atoms with E-state index in [1.54, 1.807) is 6.20 Å². The molecule has 1 unspecified atom stereocenters. The van der Waals surface area contributed by atoms with Crippen molar-refractivity contribution in [3.63, 3.8) is 0 Å². The Morgan fingerprint density at radius 1 is 1.47 bits per heavy atom. The number of fused-ring (bicyclic) bond motifs is 1. The van der Waals surface area contributed by atoms with E-state index in [1.807, 2.05) is 17.5 Å². The zero-order valence-electron chi connectivity index (χ0n) is 9.87. The van der Waals surface area contributed by atoms with Gasteiger partial charge in [-0.15, -0.1) is 10.2 Å². The van der Waals surface area contributed by atoms with Crippen molar-refractivity contribution in [1.29, 1.82) is 0 Å². The number of aryl methyl sites for hydroxylation is 1. The van der Waals surface area contributed by atoms with Gasteiger partial charge in [0.15, 0.2) is 5.82 Å². The van der Waals surface area contributed by atoms with Crippen LogP contribution in [-0.2, 0) is 0 Å². The first-order valence-electron chi connectivity index (χ1n) is 5.91. The molecule has 0 radical (unpaired) electrons. The molecule has 3 rings (SSSR count). The molecule has 1 aliphatic heterocycles. The number of hydrogen-bond acceptors (Lipinski definition) is 5. The van der Waals surface area contributed by atoms with E-state index in [0.717, 1.165) is 43.3 Å². The van der Waals surface area contributed by atoms with E-state index in [2.05, 4.69) is 20.1 Å². The normalized spacial score (nSPS) is 20.4. The van der Waals surface area contributed by atoms with Crippen molar-refractivity contribution in [3.05, 3.63) is 18.2 Å². The highest BCUT2D eigenvalue weighted by Gasteiger charge is 2.24. The number of hydrogen-bond donors (Lipinski definition) is 1. The lowest BCUT2D eigenvalue weighted by Crippen LogP contribution is -2.24. The van der Waals surface area contributed by atoms with Crippen molar-refractivity contribution >= 4 is 11.5 Å². The fourth-order valence-corrected chi connectivity index (χ4v) is 2.37. The second kappa shape index (κ2) is 3.96. The average Bonchev–Trinajstić information content (AvgIpc) is 2.96. The standard InChI is InChI=1S/C11H16N6/c1-8-14-15-11-10(13-3-5-17(8)11)16-4-2-9(6-12)7-16/h3,5,9H,2,4,6-7,12H2,1H3. The summed E-state index contributed by atoms with van der Waals surface area (Å²) in [6, 6.07) is 0. The smallest absolute Gasteiger partial charge is 0.203 e. The van der Waals surface area contributed by atoms with Crippen LogP contribution >= 0.6 is 0 Å². The molecule has 0 aromatic carbocycles. The molecule has 90 valence electrons. The minimum absolute atomic E-state index is 0.570. The first-order chi connectivity index (χ1) is 8.29. The predicted molar refractivity (Wildman–Crippen MR) is 64.9 cm³/mol. The fraction of sp³-hybridized carbons (Fsp3) is 0.545. The van der Waals surface area contributed by atoms with E-state index >= 15 is 0 Å². The summed E-state index contributed by atoms with van der Waals surface area (Å²) in [5.74, 6) is 2.38. The molecule has 0 aliphatic carbocycles. The van der Waals surface area contributed by atoms with Crippen molar-refractivity contribution in [2.75, 3.05) is 24.5 Å². The molecule has 2 aromatic rings. The molecule has 1 saturated heterocycles. The zero-order chi connectivity index (χ0) is 11.8. The van der Waals surface area contributed by atoms with Crippen molar-refractivity contribution in [3.8, 4) is 0 Å². The number of nitrogens with zero attached hydrogens (tertiary/aromatic N) is 5. The van der Waals surface area contributed by atoms with Crippen LogP contribution in [0.3, 0.4) is 0 Å². The average molecular weight is 232 g/mol. The Morgan fingerprint density at radius 3 is 3.12 bits per heavy atom. The maximum Gasteiger partial charge on any atom is 0.203 e. The van der Waals surface area contributed by atoms with Crippen LogP contribution in [0, 0.1) is 12.8 Å². The Balaban J connectivity index is 2.00. The predicted octanol–water partition coefficient (Wildman–Crippen LogP) is 0.218. The number of anilines is 1. The van der Waals surface area contributed by atoms with E-state index in [9.17, 15) is 0 Å². The van der Waals surface area contributed by atoms with Gasteiger partial charge in [-0.05, 0) is 25.8 Å². The Morgan fingerprint density at radius 2 is 2.35 bits per heavy atom. The molecule has 6 heteroatoms. The van der Waals surface area contributed by atoms with Gasteiger partial charge < -0.3 is 10.6 Å². The summed E-state index contributed by atoms with van der Waals surface area (Å²) >= 11 is 0. The molecule has 0 bridgehead atoms. The van der Waals surface area contributed by atoms with Crippen LogP contribution in [0.1, 0.15) is 12.2 Å². The van der Waals surface area contributed by atoms with Crippen molar-refractivity contribution in [1.82, 2.24) is 19.6 Å². The van der Waals surface area contributed by atoms with E-state index < -0.39 is 0 Å². The molecule has 0 amide bonds. The lowest BCUT2D eigenvalue weighted by Gasteiger charge is -2.17. The van der Waals surface area contributed by atoms with Crippen LogP contribution in [0.2, 0.25) is 0 Å². The summed E-state index contributed by atoms with van der Waals surface area (Å²) in [6.07, 6.45) is 4.82. The summed E-state index contributed by atoms with van der Waals surface area (Å²) < 4.78 is 1.97. The third kappa shape index (κ3) is 1.64. The molecule has 6 nitrogen and oxygen atoms in total. The fourth-order valence-electron chi connectivity index (χ4n) is 2.37. The molecule has 2 N–H and O–H groups in total. The molecule has 1 atom stereocenters. The topological polar surface area (TPSA) is 72.3 Å². The Bertz CT molecular complexity index is 534. The summed E-state index contributed by atoms with van der Waals surface area (Å²) in [5.41, 5.74) is 6.55. The second-order valence-corrected chi connectivity index (χ2v) is 4.53. The highest BCUT2D eigenvalue weighted by Crippen LogP contribution is 2.24. The molecule has 0 spiro atoms. The Kier molecular flexibility index (Phi) is 2.44.